The monoisotopic (exact) mass is 262 g/mol. The summed E-state index contributed by atoms with van der Waals surface area (Å²) < 4.78 is 0.971. The predicted molar refractivity (Wildman–Crippen MR) is 60.4 cm³/mol. The molecule has 0 saturated heterocycles. The Hall–Kier alpha value is -0.280. The van der Waals surface area contributed by atoms with Gasteiger partial charge in [-0.25, -0.2) is 4.98 Å². The third kappa shape index (κ3) is 3.16. The highest BCUT2D eigenvalue weighted by molar-refractivity contribution is 9.10. The quantitative estimate of drug-likeness (QED) is 0.843. The fourth-order valence-electron chi connectivity index (χ4n) is 0.935. The molecule has 0 aliphatic carbocycles. The molecule has 0 amide bonds. The number of aromatic nitrogens is 1. The van der Waals surface area contributed by atoms with Gasteiger partial charge in [0.05, 0.1) is 4.47 Å². The topological polar surface area (TPSA) is 24.9 Å². The molecule has 1 atom stereocenters. The lowest BCUT2D eigenvalue weighted by atomic mass is 10.2. The number of halogens is 2. The Morgan fingerprint density at radius 2 is 2.46 bits per heavy atom. The number of hydrogen-bond donors (Lipinski definition) is 1. The average Bonchev–Trinajstić information content (AvgIpc) is 2.17. The molecule has 1 aromatic rings. The third-order valence-corrected chi connectivity index (χ3v) is 2.79. The molecule has 4 heteroatoms. The summed E-state index contributed by atoms with van der Waals surface area (Å²) in [4.78, 5) is 4.20. The second kappa shape index (κ2) is 5.45. The molecule has 0 aliphatic rings. The summed E-state index contributed by atoms with van der Waals surface area (Å²) in [6.07, 6.45) is 2.75. The van der Waals surface area contributed by atoms with Gasteiger partial charge in [-0.2, -0.15) is 0 Å². The minimum absolute atomic E-state index is 0.285. The van der Waals surface area contributed by atoms with E-state index in [1.807, 2.05) is 12.1 Å². The molecule has 1 N–H and O–H groups in total. The van der Waals surface area contributed by atoms with E-state index in [0.29, 0.717) is 5.88 Å². The Morgan fingerprint density at radius 3 is 3.00 bits per heavy atom. The SMILES string of the molecule is CCC(CCl)Nc1ncccc1Br. The third-order valence-electron chi connectivity index (χ3n) is 1.78. The van der Waals surface area contributed by atoms with Crippen LogP contribution in [0.4, 0.5) is 5.82 Å². The molecule has 1 aromatic heterocycles. The van der Waals surface area contributed by atoms with Crippen LogP contribution >= 0.6 is 27.5 Å². The Balaban J connectivity index is 2.67. The first-order valence-electron chi connectivity index (χ1n) is 4.21. The van der Waals surface area contributed by atoms with Gasteiger partial charge in [0.25, 0.3) is 0 Å². The van der Waals surface area contributed by atoms with Crippen molar-refractivity contribution in [2.24, 2.45) is 0 Å². The first kappa shape index (κ1) is 10.8. The number of nitrogens with one attached hydrogen (secondary N) is 1. The van der Waals surface area contributed by atoms with Gasteiger partial charge in [0.1, 0.15) is 5.82 Å². The van der Waals surface area contributed by atoms with Gasteiger partial charge < -0.3 is 5.32 Å². The Morgan fingerprint density at radius 1 is 1.69 bits per heavy atom. The molecule has 1 rings (SSSR count). The van der Waals surface area contributed by atoms with E-state index in [9.17, 15) is 0 Å². The van der Waals surface area contributed by atoms with Crippen molar-refractivity contribution in [2.45, 2.75) is 19.4 Å². The standard InChI is InChI=1S/C9H12BrClN2/c1-2-7(6-11)13-9-8(10)4-3-5-12-9/h3-5,7H,2,6H2,1H3,(H,12,13). The minimum atomic E-state index is 0.285. The van der Waals surface area contributed by atoms with Gasteiger partial charge >= 0.3 is 0 Å². The van der Waals surface area contributed by atoms with Crippen molar-refractivity contribution in [3.05, 3.63) is 22.8 Å². The van der Waals surface area contributed by atoms with Crippen LogP contribution in [0.15, 0.2) is 22.8 Å². The second-order valence-corrected chi connectivity index (χ2v) is 3.90. The van der Waals surface area contributed by atoms with Crippen LogP contribution < -0.4 is 5.32 Å². The summed E-state index contributed by atoms with van der Waals surface area (Å²) in [5, 5.41) is 3.26. The molecule has 0 radical (unpaired) electrons. The fraction of sp³-hybridized carbons (Fsp3) is 0.444. The lowest BCUT2D eigenvalue weighted by Gasteiger charge is -2.14. The number of hydrogen-bond acceptors (Lipinski definition) is 2. The van der Waals surface area contributed by atoms with Crippen LogP contribution in [0, 0.1) is 0 Å². The molecule has 72 valence electrons. The van der Waals surface area contributed by atoms with Crippen LogP contribution in [-0.2, 0) is 0 Å². The molecule has 2 nitrogen and oxygen atoms in total. The Bertz CT molecular complexity index is 264. The van der Waals surface area contributed by atoms with Gasteiger partial charge in [0.15, 0.2) is 0 Å². The first-order chi connectivity index (χ1) is 6.27. The summed E-state index contributed by atoms with van der Waals surface area (Å²) in [7, 11) is 0. The van der Waals surface area contributed by atoms with Crippen molar-refractivity contribution in [1.29, 1.82) is 0 Å². The normalized spacial score (nSPS) is 12.5. The van der Waals surface area contributed by atoms with E-state index in [4.69, 9.17) is 11.6 Å². The molecule has 0 aromatic carbocycles. The van der Waals surface area contributed by atoms with E-state index in [1.54, 1.807) is 6.20 Å². The molecule has 1 unspecified atom stereocenters. The lowest BCUT2D eigenvalue weighted by Crippen LogP contribution is -2.20. The van der Waals surface area contributed by atoms with Gasteiger partial charge in [-0.05, 0) is 34.5 Å². The smallest absolute Gasteiger partial charge is 0.140 e. The molecule has 13 heavy (non-hydrogen) atoms. The van der Waals surface area contributed by atoms with E-state index in [2.05, 4.69) is 33.2 Å². The zero-order valence-electron chi connectivity index (χ0n) is 7.43. The van der Waals surface area contributed by atoms with E-state index in [1.165, 1.54) is 0 Å². The molecule has 0 saturated carbocycles. The Kier molecular flexibility index (Phi) is 4.53. The zero-order valence-corrected chi connectivity index (χ0v) is 9.77. The maximum atomic E-state index is 5.76. The molecular weight excluding hydrogens is 251 g/mol. The van der Waals surface area contributed by atoms with Crippen LogP contribution in [0.3, 0.4) is 0 Å². The Labute approximate surface area is 91.8 Å². The summed E-state index contributed by atoms with van der Waals surface area (Å²) in [5.74, 6) is 1.45. The first-order valence-corrected chi connectivity index (χ1v) is 5.53. The van der Waals surface area contributed by atoms with Crippen molar-refractivity contribution in [3.8, 4) is 0 Å². The number of anilines is 1. The number of rotatable bonds is 4. The lowest BCUT2D eigenvalue weighted by molar-refractivity contribution is 0.765. The highest BCUT2D eigenvalue weighted by atomic mass is 79.9. The minimum Gasteiger partial charge on any atom is -0.365 e. The van der Waals surface area contributed by atoms with Crippen LogP contribution in [-0.4, -0.2) is 16.9 Å². The summed E-state index contributed by atoms with van der Waals surface area (Å²) >= 11 is 9.18. The van der Waals surface area contributed by atoms with Crippen molar-refractivity contribution < 1.29 is 0 Å². The number of alkyl halides is 1. The van der Waals surface area contributed by atoms with E-state index < -0.39 is 0 Å². The van der Waals surface area contributed by atoms with Crippen LogP contribution in [0.5, 0.6) is 0 Å². The van der Waals surface area contributed by atoms with Crippen molar-refractivity contribution >= 4 is 33.3 Å². The highest BCUT2D eigenvalue weighted by Gasteiger charge is 2.06. The zero-order chi connectivity index (χ0) is 9.68. The number of pyridine rings is 1. The second-order valence-electron chi connectivity index (χ2n) is 2.74. The van der Waals surface area contributed by atoms with E-state index in [0.717, 1.165) is 16.7 Å². The summed E-state index contributed by atoms with van der Waals surface area (Å²) in [6.45, 7) is 2.09. The molecule has 0 bridgehead atoms. The van der Waals surface area contributed by atoms with E-state index >= 15 is 0 Å². The van der Waals surface area contributed by atoms with Crippen LogP contribution in [0.2, 0.25) is 0 Å². The van der Waals surface area contributed by atoms with Crippen molar-refractivity contribution in [3.63, 3.8) is 0 Å². The maximum Gasteiger partial charge on any atom is 0.140 e. The largest absolute Gasteiger partial charge is 0.365 e. The number of nitrogens with zero attached hydrogens (tertiary/aromatic N) is 1. The molecule has 1 heterocycles. The van der Waals surface area contributed by atoms with Gasteiger partial charge in [-0.3, -0.25) is 0 Å². The maximum absolute atomic E-state index is 5.76. The highest BCUT2D eigenvalue weighted by Crippen LogP contribution is 2.19. The summed E-state index contributed by atoms with van der Waals surface area (Å²) in [6, 6.07) is 4.13. The van der Waals surface area contributed by atoms with Gasteiger partial charge in [0.2, 0.25) is 0 Å². The fourth-order valence-corrected chi connectivity index (χ4v) is 1.60. The van der Waals surface area contributed by atoms with Gasteiger partial charge in [-0.15, -0.1) is 11.6 Å². The summed E-state index contributed by atoms with van der Waals surface area (Å²) in [5.41, 5.74) is 0. The molecule has 0 fully saturated rings. The van der Waals surface area contributed by atoms with Crippen molar-refractivity contribution in [1.82, 2.24) is 4.98 Å². The van der Waals surface area contributed by atoms with Crippen LogP contribution in [0.1, 0.15) is 13.3 Å². The van der Waals surface area contributed by atoms with Gasteiger partial charge in [0, 0.05) is 18.1 Å². The average molecular weight is 264 g/mol. The van der Waals surface area contributed by atoms with Crippen LogP contribution in [0.25, 0.3) is 0 Å². The van der Waals surface area contributed by atoms with E-state index in [-0.39, 0.29) is 6.04 Å². The molecule has 0 aliphatic heterocycles. The van der Waals surface area contributed by atoms with Crippen molar-refractivity contribution in [2.75, 3.05) is 11.2 Å². The molecular formula is C9H12BrClN2. The molecule has 0 spiro atoms. The van der Waals surface area contributed by atoms with Gasteiger partial charge in [-0.1, -0.05) is 6.92 Å². The predicted octanol–water partition coefficient (Wildman–Crippen LogP) is 3.27.